The Kier molecular flexibility index (Phi) is 3.97. The van der Waals surface area contributed by atoms with E-state index < -0.39 is 0 Å². The van der Waals surface area contributed by atoms with Crippen molar-refractivity contribution >= 4 is 23.4 Å². The Labute approximate surface area is 124 Å². The predicted octanol–water partition coefficient (Wildman–Crippen LogP) is 3.52. The molecule has 0 saturated carbocycles. The number of benzene rings is 1. The molecule has 2 aliphatic rings. The lowest BCUT2D eigenvalue weighted by Crippen LogP contribution is -2.38. The Bertz CT molecular complexity index is 459. The van der Waals surface area contributed by atoms with Gasteiger partial charge in [0, 0.05) is 29.3 Å². The number of halogens is 1. The van der Waals surface area contributed by atoms with Gasteiger partial charge in [-0.2, -0.15) is 11.8 Å². The molecule has 19 heavy (non-hydrogen) atoms. The van der Waals surface area contributed by atoms with Crippen LogP contribution in [-0.4, -0.2) is 29.7 Å². The third-order valence-corrected chi connectivity index (χ3v) is 5.71. The molecule has 104 valence electrons. The number of hydrogen-bond donors (Lipinski definition) is 1. The number of hydrogen-bond acceptors (Lipinski definition) is 3. The summed E-state index contributed by atoms with van der Waals surface area (Å²) in [6.45, 7) is 4.36. The minimum absolute atomic E-state index is 0.253. The molecule has 1 fully saturated rings. The highest BCUT2D eigenvalue weighted by Gasteiger charge is 2.30. The lowest BCUT2D eigenvalue weighted by Gasteiger charge is -2.24. The molecule has 1 saturated heterocycles. The Morgan fingerprint density at radius 1 is 1.53 bits per heavy atom. The number of thioether (sulfide) groups is 1. The average molecular weight is 298 g/mol. The summed E-state index contributed by atoms with van der Waals surface area (Å²) in [7, 11) is 0. The second kappa shape index (κ2) is 5.55. The molecule has 0 radical (unpaired) electrons. The second-order valence-electron chi connectivity index (χ2n) is 5.73. The molecule has 2 atom stereocenters. The van der Waals surface area contributed by atoms with Gasteiger partial charge >= 0.3 is 0 Å². The van der Waals surface area contributed by atoms with Gasteiger partial charge in [-0.1, -0.05) is 11.6 Å². The number of ether oxygens (including phenoxy) is 1. The molecule has 3 rings (SSSR count). The third-order valence-electron chi connectivity index (χ3n) is 3.94. The third kappa shape index (κ3) is 3.21. The summed E-state index contributed by atoms with van der Waals surface area (Å²) in [5.74, 6) is 2.31. The zero-order chi connectivity index (χ0) is 13.3. The standard InChI is InChI=1S/C15H20ClNOS/c1-15(5-2-6-19-15)10-17-9-13-8-11-7-12(16)3-4-14(11)18-13/h3-4,7,13,17H,2,5-6,8-10H2,1H3. The maximum atomic E-state index is 6.01. The van der Waals surface area contributed by atoms with E-state index in [1.807, 2.05) is 18.2 Å². The van der Waals surface area contributed by atoms with Gasteiger partial charge in [0.2, 0.25) is 0 Å². The molecular formula is C15H20ClNOS. The van der Waals surface area contributed by atoms with Gasteiger partial charge in [0.15, 0.2) is 0 Å². The van der Waals surface area contributed by atoms with Crippen LogP contribution in [0.1, 0.15) is 25.3 Å². The maximum Gasteiger partial charge on any atom is 0.123 e. The molecule has 4 heteroatoms. The summed E-state index contributed by atoms with van der Waals surface area (Å²) in [5, 5.41) is 4.38. The fraction of sp³-hybridized carbons (Fsp3) is 0.600. The summed E-state index contributed by atoms with van der Waals surface area (Å²) in [5.41, 5.74) is 1.24. The number of rotatable bonds is 4. The molecule has 1 aromatic carbocycles. The van der Waals surface area contributed by atoms with Gasteiger partial charge in [-0.25, -0.2) is 0 Å². The van der Waals surface area contributed by atoms with Gasteiger partial charge in [-0.15, -0.1) is 0 Å². The van der Waals surface area contributed by atoms with Crippen LogP contribution < -0.4 is 10.1 Å². The Hall–Kier alpha value is -0.380. The quantitative estimate of drug-likeness (QED) is 0.919. The molecule has 0 amide bonds. The van der Waals surface area contributed by atoms with Gasteiger partial charge in [0.25, 0.3) is 0 Å². The van der Waals surface area contributed by atoms with Gasteiger partial charge < -0.3 is 10.1 Å². The van der Waals surface area contributed by atoms with Gasteiger partial charge in [-0.3, -0.25) is 0 Å². The zero-order valence-electron chi connectivity index (χ0n) is 11.2. The molecule has 1 aromatic rings. The van der Waals surface area contributed by atoms with E-state index in [0.29, 0.717) is 4.75 Å². The van der Waals surface area contributed by atoms with Gasteiger partial charge in [0.1, 0.15) is 11.9 Å². The molecule has 2 aliphatic heterocycles. The first-order chi connectivity index (χ1) is 9.15. The minimum atomic E-state index is 0.253. The molecule has 2 unspecified atom stereocenters. The van der Waals surface area contributed by atoms with Crippen LogP contribution in [0.4, 0.5) is 0 Å². The minimum Gasteiger partial charge on any atom is -0.488 e. The van der Waals surface area contributed by atoms with Crippen molar-refractivity contribution in [2.75, 3.05) is 18.8 Å². The van der Waals surface area contributed by atoms with E-state index in [9.17, 15) is 0 Å². The molecule has 0 aliphatic carbocycles. The van der Waals surface area contributed by atoms with Crippen LogP contribution in [0.25, 0.3) is 0 Å². The SMILES string of the molecule is CC1(CNCC2Cc3cc(Cl)ccc3O2)CCCS1. The highest BCUT2D eigenvalue weighted by atomic mass is 35.5. The van der Waals surface area contributed by atoms with E-state index in [-0.39, 0.29) is 6.10 Å². The summed E-state index contributed by atoms with van der Waals surface area (Å²) in [4.78, 5) is 0. The van der Waals surface area contributed by atoms with Crippen LogP contribution in [0.2, 0.25) is 5.02 Å². The average Bonchev–Trinajstić information content (AvgIpc) is 2.95. The van der Waals surface area contributed by atoms with Crippen molar-refractivity contribution in [3.8, 4) is 5.75 Å². The van der Waals surface area contributed by atoms with Crippen LogP contribution in [0.5, 0.6) is 5.75 Å². The monoisotopic (exact) mass is 297 g/mol. The molecule has 0 bridgehead atoms. The lowest BCUT2D eigenvalue weighted by molar-refractivity contribution is 0.226. The van der Waals surface area contributed by atoms with E-state index in [4.69, 9.17) is 16.3 Å². The normalized spacial score (nSPS) is 29.3. The van der Waals surface area contributed by atoms with Crippen molar-refractivity contribution in [3.63, 3.8) is 0 Å². The maximum absolute atomic E-state index is 6.01. The van der Waals surface area contributed by atoms with Gasteiger partial charge in [0.05, 0.1) is 0 Å². The first-order valence-corrected chi connectivity index (χ1v) is 8.31. The molecule has 2 nitrogen and oxygen atoms in total. The Morgan fingerprint density at radius 3 is 3.21 bits per heavy atom. The summed E-state index contributed by atoms with van der Waals surface area (Å²) in [6, 6.07) is 5.89. The molecule has 2 heterocycles. The predicted molar refractivity (Wildman–Crippen MR) is 82.5 cm³/mol. The van der Waals surface area contributed by atoms with Crippen molar-refractivity contribution in [2.45, 2.75) is 37.0 Å². The highest BCUT2D eigenvalue weighted by Crippen LogP contribution is 2.37. The van der Waals surface area contributed by atoms with Crippen molar-refractivity contribution in [1.29, 1.82) is 0 Å². The lowest BCUT2D eigenvalue weighted by atomic mass is 10.1. The van der Waals surface area contributed by atoms with Gasteiger partial charge in [-0.05, 0) is 49.3 Å². The van der Waals surface area contributed by atoms with E-state index >= 15 is 0 Å². The Balaban J connectivity index is 1.48. The molecule has 0 spiro atoms. The Morgan fingerprint density at radius 2 is 2.42 bits per heavy atom. The largest absolute Gasteiger partial charge is 0.488 e. The van der Waals surface area contributed by atoms with E-state index in [1.54, 1.807) is 0 Å². The summed E-state index contributed by atoms with van der Waals surface area (Å²) < 4.78 is 6.36. The summed E-state index contributed by atoms with van der Waals surface area (Å²) >= 11 is 8.10. The molecular weight excluding hydrogens is 278 g/mol. The summed E-state index contributed by atoms with van der Waals surface area (Å²) in [6.07, 6.45) is 3.90. The topological polar surface area (TPSA) is 21.3 Å². The second-order valence-corrected chi connectivity index (χ2v) is 7.85. The molecule has 1 N–H and O–H groups in total. The first kappa shape index (κ1) is 13.6. The van der Waals surface area contributed by atoms with Crippen LogP contribution in [-0.2, 0) is 6.42 Å². The number of fused-ring (bicyclic) bond motifs is 1. The number of nitrogens with one attached hydrogen (secondary N) is 1. The van der Waals surface area contributed by atoms with E-state index in [0.717, 1.165) is 30.3 Å². The van der Waals surface area contributed by atoms with Crippen LogP contribution in [0.15, 0.2) is 18.2 Å². The highest BCUT2D eigenvalue weighted by molar-refractivity contribution is 8.00. The van der Waals surface area contributed by atoms with E-state index in [1.165, 1.54) is 24.2 Å². The smallest absolute Gasteiger partial charge is 0.123 e. The fourth-order valence-electron chi connectivity index (χ4n) is 2.88. The van der Waals surface area contributed by atoms with Crippen molar-refractivity contribution in [3.05, 3.63) is 28.8 Å². The van der Waals surface area contributed by atoms with Crippen molar-refractivity contribution in [2.24, 2.45) is 0 Å². The zero-order valence-corrected chi connectivity index (χ0v) is 12.8. The first-order valence-electron chi connectivity index (χ1n) is 6.94. The van der Waals surface area contributed by atoms with Crippen LogP contribution in [0.3, 0.4) is 0 Å². The van der Waals surface area contributed by atoms with Crippen LogP contribution in [0, 0.1) is 0 Å². The fourth-order valence-corrected chi connectivity index (χ4v) is 4.35. The van der Waals surface area contributed by atoms with Crippen molar-refractivity contribution in [1.82, 2.24) is 5.32 Å². The van der Waals surface area contributed by atoms with E-state index in [2.05, 4.69) is 24.0 Å². The molecule has 0 aromatic heterocycles. The van der Waals surface area contributed by atoms with Crippen molar-refractivity contribution < 1.29 is 4.74 Å². The van der Waals surface area contributed by atoms with Crippen LogP contribution >= 0.6 is 23.4 Å².